The fourth-order valence-corrected chi connectivity index (χ4v) is 5.40. The summed E-state index contributed by atoms with van der Waals surface area (Å²) < 4.78 is 40.3. The van der Waals surface area contributed by atoms with Gasteiger partial charge >= 0.3 is 5.43 Å². The normalized spacial score (nSPS) is 21.4. The molecule has 3 aromatic carbocycles. The van der Waals surface area contributed by atoms with Gasteiger partial charge in [0.15, 0.2) is 34.5 Å². The maximum Gasteiger partial charge on any atom is 0.347 e. The Kier molecular flexibility index (Phi) is 8.14. The summed E-state index contributed by atoms with van der Waals surface area (Å²) in [5.74, 6) is -0.0461. The molecule has 0 spiro atoms. The fourth-order valence-electron chi connectivity index (χ4n) is 5.40. The van der Waals surface area contributed by atoms with Crippen molar-refractivity contribution >= 4 is 21.9 Å². The maximum atomic E-state index is 10.9. The minimum atomic E-state index is -1.78. The van der Waals surface area contributed by atoms with Crippen molar-refractivity contribution in [2.75, 3.05) is 27.9 Å². The number of ether oxygens (including phenoxy) is 5. The van der Waals surface area contributed by atoms with E-state index in [9.17, 15) is 35.4 Å². The Balaban J connectivity index is 1.68. The van der Waals surface area contributed by atoms with Gasteiger partial charge in [-0.05, 0) is 36.4 Å². The summed E-state index contributed by atoms with van der Waals surface area (Å²) in [6.07, 6.45) is -8.06. The Bertz CT molecular complexity index is 1950. The van der Waals surface area contributed by atoms with E-state index >= 15 is 0 Å². The van der Waals surface area contributed by atoms with Crippen molar-refractivity contribution in [3.05, 3.63) is 54.0 Å². The summed E-state index contributed by atoms with van der Waals surface area (Å²) in [4.78, 5) is 10.6. The average molecular weight is 640 g/mol. The van der Waals surface area contributed by atoms with Crippen LogP contribution >= 0.6 is 0 Å². The molecule has 5 aromatic rings. The molecular weight excluding hydrogens is 608 g/mol. The lowest BCUT2D eigenvalue weighted by atomic mass is 9.99. The van der Waals surface area contributed by atoms with Gasteiger partial charge in [0, 0.05) is 16.5 Å². The Labute approximate surface area is 259 Å². The molecule has 7 N–H and O–H groups in total. The predicted molar refractivity (Wildman–Crippen MR) is 159 cm³/mol. The molecule has 46 heavy (non-hydrogen) atoms. The van der Waals surface area contributed by atoms with Gasteiger partial charge in [-0.3, -0.25) is 4.79 Å². The third-order valence-corrected chi connectivity index (χ3v) is 7.77. The van der Waals surface area contributed by atoms with Gasteiger partial charge in [0.05, 0.1) is 45.5 Å². The molecule has 6 rings (SSSR count). The molecule has 1 saturated heterocycles. The Morgan fingerprint density at radius 1 is 0.761 bits per heavy atom. The molecule has 3 heterocycles. The lowest BCUT2D eigenvalue weighted by Crippen LogP contribution is -2.60. The van der Waals surface area contributed by atoms with Crippen LogP contribution in [0.25, 0.3) is 44.6 Å². The van der Waals surface area contributed by atoms with Gasteiger partial charge in [-0.2, -0.15) is 0 Å². The first kappa shape index (κ1) is 31.0. The summed E-state index contributed by atoms with van der Waals surface area (Å²) in [5.41, 5.74) is 0.819. The first-order valence-corrected chi connectivity index (χ1v) is 13.9. The third kappa shape index (κ3) is 5.21. The van der Waals surface area contributed by atoms with Crippen LogP contribution in [0.1, 0.15) is 0 Å². The van der Waals surface area contributed by atoms with Gasteiger partial charge in [-0.25, -0.2) is 0 Å². The van der Waals surface area contributed by atoms with Gasteiger partial charge < -0.3 is 63.2 Å². The summed E-state index contributed by atoms with van der Waals surface area (Å²) >= 11 is 0. The largest absolute Gasteiger partial charge is 0.504 e. The van der Waals surface area contributed by atoms with Crippen molar-refractivity contribution in [1.82, 2.24) is 0 Å². The predicted octanol–water partition coefficient (Wildman–Crippen LogP) is 2.13. The van der Waals surface area contributed by atoms with Gasteiger partial charge in [-0.15, -0.1) is 0 Å². The van der Waals surface area contributed by atoms with Crippen LogP contribution in [-0.2, 0) is 4.74 Å². The molecule has 0 aliphatic carbocycles. The smallest absolute Gasteiger partial charge is 0.347 e. The van der Waals surface area contributed by atoms with Crippen LogP contribution in [0.3, 0.4) is 0 Å². The van der Waals surface area contributed by atoms with Crippen molar-refractivity contribution < 1.29 is 68.0 Å². The number of hydrogen-bond acceptors (Lipinski definition) is 13. The van der Waals surface area contributed by atoms with E-state index in [-0.39, 0.29) is 68.2 Å². The first-order valence-electron chi connectivity index (χ1n) is 13.9. The summed E-state index contributed by atoms with van der Waals surface area (Å²) in [7, 11) is 4.07. The van der Waals surface area contributed by atoms with Crippen molar-refractivity contribution in [2.24, 2.45) is 0 Å². The first-order chi connectivity index (χ1) is 22.1. The van der Waals surface area contributed by atoms with Crippen LogP contribution < -0.4 is 24.4 Å². The second-order valence-corrected chi connectivity index (χ2v) is 10.5. The molecule has 1 aliphatic rings. The fraction of sp³-hybridized carbons (Fsp3) is 0.281. The zero-order valence-electron chi connectivity index (χ0n) is 24.7. The molecular formula is C32H31O14+. The molecule has 2 aromatic heterocycles. The van der Waals surface area contributed by atoms with Crippen molar-refractivity contribution in [2.45, 2.75) is 30.7 Å². The molecule has 0 bridgehead atoms. The molecule has 1 aliphatic heterocycles. The van der Waals surface area contributed by atoms with E-state index < -0.39 is 37.3 Å². The standard InChI is InChI=1S/C32H30O14/c1-40-19-6-13(4-5-17(19)35)18-11-16-25-20(43-18)9-15(34)10-21(25)44-30(14-7-22(41-2)26(36)23(8-14)42-3)31(16)46-32-29(39)28(38)27(37)24(12-33)45-32/h4-11,24,27-29,32-33,35-39H,12H2,1-3H3/p+1/t24-,27-,28+,29-,32+/m1/s1. The quantitative estimate of drug-likeness (QED) is 0.134. The molecule has 0 unspecified atom stereocenters. The Hall–Kier alpha value is -4.99. The molecule has 14 heteroatoms. The number of hydrogen-bond donors (Lipinski definition) is 6. The molecule has 1 fully saturated rings. The van der Waals surface area contributed by atoms with Crippen molar-refractivity contribution in [1.29, 1.82) is 0 Å². The van der Waals surface area contributed by atoms with Crippen molar-refractivity contribution in [3.8, 4) is 57.1 Å². The van der Waals surface area contributed by atoms with Crippen LogP contribution in [0, 0.1) is 0 Å². The van der Waals surface area contributed by atoms with E-state index in [2.05, 4.69) is 0 Å². The highest BCUT2D eigenvalue weighted by Crippen LogP contribution is 2.48. The van der Waals surface area contributed by atoms with Crippen LogP contribution in [-0.4, -0.2) is 94.1 Å². The zero-order chi connectivity index (χ0) is 32.9. The number of benzene rings is 3. The third-order valence-electron chi connectivity index (χ3n) is 7.77. The summed E-state index contributed by atoms with van der Waals surface area (Å²) in [6, 6.07) is 11.7. The van der Waals surface area contributed by atoms with E-state index in [0.717, 1.165) is 0 Å². The van der Waals surface area contributed by atoms with E-state index in [1.807, 2.05) is 0 Å². The SMILES string of the molecule is COc1cc(-c2cc3c(O[C@@H]4O[C@H](CO)[C@@H](O)[C@H](O)[C@H]4O)c(-c4cc(OC)c(O)c(OC)c4)oc4cc(=[OH+])cc(o2)c43)ccc1O. The highest BCUT2D eigenvalue weighted by Gasteiger charge is 2.45. The number of aliphatic hydroxyl groups is 4. The van der Waals surface area contributed by atoms with Gasteiger partial charge in [-0.1, -0.05) is 0 Å². The summed E-state index contributed by atoms with van der Waals surface area (Å²) in [6.45, 7) is -0.691. The molecule has 14 nitrogen and oxygen atoms in total. The van der Waals surface area contributed by atoms with E-state index in [1.54, 1.807) is 12.1 Å². The minimum absolute atomic E-state index is 0.0180. The number of phenols is 2. The monoisotopic (exact) mass is 639 g/mol. The van der Waals surface area contributed by atoms with Crippen LogP contribution in [0.4, 0.5) is 0 Å². The highest BCUT2D eigenvalue weighted by atomic mass is 16.7. The van der Waals surface area contributed by atoms with Crippen LogP contribution in [0.15, 0.2) is 57.4 Å². The molecule has 0 saturated carbocycles. The summed E-state index contributed by atoms with van der Waals surface area (Å²) in [5, 5.41) is 62.9. The molecule has 242 valence electrons. The Morgan fingerprint density at radius 3 is 2.02 bits per heavy atom. The molecule has 0 amide bonds. The second kappa shape index (κ2) is 12.1. The second-order valence-electron chi connectivity index (χ2n) is 10.5. The average Bonchev–Trinajstić information content (AvgIpc) is 3.05. The molecule has 0 radical (unpaired) electrons. The lowest BCUT2D eigenvalue weighted by molar-refractivity contribution is -0.277. The number of phenolic OH excluding ortho intramolecular Hbond substituents is 2. The lowest BCUT2D eigenvalue weighted by Gasteiger charge is -2.39. The van der Waals surface area contributed by atoms with Gasteiger partial charge in [0.25, 0.3) is 0 Å². The van der Waals surface area contributed by atoms with Gasteiger partial charge in [0.2, 0.25) is 12.0 Å². The minimum Gasteiger partial charge on any atom is -0.504 e. The zero-order valence-corrected chi connectivity index (χ0v) is 24.7. The van der Waals surface area contributed by atoms with Gasteiger partial charge in [0.1, 0.15) is 41.3 Å². The maximum absolute atomic E-state index is 10.9. The van der Waals surface area contributed by atoms with Crippen LogP contribution in [0.2, 0.25) is 0 Å². The number of aliphatic hydroxyl groups excluding tert-OH is 4. The number of methoxy groups -OCH3 is 3. The van der Waals surface area contributed by atoms with Crippen molar-refractivity contribution in [3.63, 3.8) is 0 Å². The topological polar surface area (TPSA) is 215 Å². The van der Waals surface area contributed by atoms with E-state index in [0.29, 0.717) is 16.3 Å². The Morgan fingerprint density at radius 2 is 1.39 bits per heavy atom. The van der Waals surface area contributed by atoms with Crippen LogP contribution in [0.5, 0.6) is 34.5 Å². The highest BCUT2D eigenvalue weighted by molar-refractivity contribution is 6.10. The molecule has 5 atom stereocenters. The van der Waals surface area contributed by atoms with E-state index in [4.69, 9.17) is 32.5 Å². The number of rotatable bonds is 8. The number of aromatic hydroxyl groups is 2. The van der Waals surface area contributed by atoms with E-state index in [1.165, 1.54) is 57.7 Å².